The first-order valence-electron chi connectivity index (χ1n) is 12.2. The summed E-state index contributed by atoms with van der Waals surface area (Å²) in [7, 11) is -1.79. The quantitative estimate of drug-likeness (QED) is 0.558. The molecule has 2 aromatic rings. The van der Waals surface area contributed by atoms with E-state index >= 15 is 0 Å². The Kier molecular flexibility index (Phi) is 6.09. The molecular weight excluding hydrogens is 482 g/mol. The van der Waals surface area contributed by atoms with E-state index in [4.69, 9.17) is 0 Å². The van der Waals surface area contributed by atoms with Gasteiger partial charge in [0.1, 0.15) is 0 Å². The van der Waals surface area contributed by atoms with Crippen LogP contribution < -0.4 is 16.0 Å². The number of rotatable bonds is 6. The van der Waals surface area contributed by atoms with Gasteiger partial charge in [-0.1, -0.05) is 5.92 Å². The summed E-state index contributed by atoms with van der Waals surface area (Å²) in [5.41, 5.74) is -0.996. The van der Waals surface area contributed by atoms with Crippen molar-refractivity contribution < 1.29 is 13.2 Å². The zero-order valence-corrected chi connectivity index (χ0v) is 21.6. The van der Waals surface area contributed by atoms with Crippen LogP contribution >= 0.6 is 0 Å². The summed E-state index contributed by atoms with van der Waals surface area (Å²) in [6.45, 7) is 6.04. The van der Waals surface area contributed by atoms with Crippen LogP contribution in [0.3, 0.4) is 0 Å². The molecule has 1 aromatic carbocycles. The Morgan fingerprint density at radius 3 is 2.53 bits per heavy atom. The lowest BCUT2D eigenvalue weighted by Crippen LogP contribution is -2.56. The van der Waals surface area contributed by atoms with Crippen molar-refractivity contribution in [1.29, 1.82) is 0 Å². The minimum Gasteiger partial charge on any atom is -0.328 e. The van der Waals surface area contributed by atoms with Crippen LogP contribution in [0, 0.1) is 17.8 Å². The standard InChI is InChI=1S/C25H31N5O5S/c1-4-5-22(31)28-15-18(16-28)30-23(32)20-12-19(36(34,35)26-25(2)9-10-25)6-7-21(20)29(24(30)33)14-17-8-11-27(3)13-17/h6-7,12,17-18,26H,8-11,13-16H2,1-3H3. The summed E-state index contributed by atoms with van der Waals surface area (Å²) in [4.78, 5) is 43.0. The first-order chi connectivity index (χ1) is 17.0. The Hall–Kier alpha value is -2.94. The second-order valence-electron chi connectivity index (χ2n) is 10.6. The van der Waals surface area contributed by atoms with E-state index in [2.05, 4.69) is 21.5 Å². The Morgan fingerprint density at radius 1 is 1.19 bits per heavy atom. The molecule has 1 aromatic heterocycles. The fourth-order valence-corrected chi connectivity index (χ4v) is 6.60. The molecule has 192 valence electrons. The number of aromatic nitrogens is 2. The molecule has 1 atom stereocenters. The summed E-state index contributed by atoms with van der Waals surface area (Å²) in [5, 5.41) is 0.183. The van der Waals surface area contributed by atoms with E-state index in [0.29, 0.717) is 12.1 Å². The summed E-state index contributed by atoms with van der Waals surface area (Å²) < 4.78 is 31.6. The molecule has 3 aliphatic rings. The second kappa shape index (κ2) is 8.87. The number of nitrogens with zero attached hydrogens (tertiary/aromatic N) is 4. The van der Waals surface area contributed by atoms with Crippen LogP contribution in [0.5, 0.6) is 0 Å². The number of amides is 1. The van der Waals surface area contributed by atoms with Crippen molar-refractivity contribution in [3.8, 4) is 11.8 Å². The molecule has 0 bridgehead atoms. The minimum atomic E-state index is -3.83. The first kappa shape index (κ1) is 24.7. The molecule has 1 aliphatic carbocycles. The third-order valence-corrected chi connectivity index (χ3v) is 9.15. The summed E-state index contributed by atoms with van der Waals surface area (Å²) in [6.07, 6.45) is 2.46. The Morgan fingerprint density at radius 2 is 1.92 bits per heavy atom. The highest BCUT2D eigenvalue weighted by Gasteiger charge is 2.41. The van der Waals surface area contributed by atoms with Crippen LogP contribution in [-0.2, 0) is 21.4 Å². The number of fused-ring (bicyclic) bond motifs is 1. The zero-order chi connectivity index (χ0) is 25.8. The van der Waals surface area contributed by atoms with Crippen LogP contribution in [0.15, 0.2) is 32.7 Å². The number of benzene rings is 1. The molecule has 11 heteroatoms. The van der Waals surface area contributed by atoms with Crippen LogP contribution in [0.25, 0.3) is 10.9 Å². The number of carbonyl (C=O) groups excluding carboxylic acids is 1. The van der Waals surface area contributed by atoms with Gasteiger partial charge in [0.25, 0.3) is 11.5 Å². The number of hydrogen-bond acceptors (Lipinski definition) is 6. The van der Waals surface area contributed by atoms with Crippen molar-refractivity contribution in [2.24, 2.45) is 5.92 Å². The maximum Gasteiger partial charge on any atom is 0.331 e. The van der Waals surface area contributed by atoms with Gasteiger partial charge in [-0.3, -0.25) is 18.7 Å². The summed E-state index contributed by atoms with van der Waals surface area (Å²) in [6, 6.07) is 3.92. The lowest BCUT2D eigenvalue weighted by molar-refractivity contribution is -0.130. The highest BCUT2D eigenvalue weighted by molar-refractivity contribution is 7.89. The molecular formula is C25H31N5O5S. The zero-order valence-electron chi connectivity index (χ0n) is 20.8. The number of nitrogens with one attached hydrogen (secondary N) is 1. The van der Waals surface area contributed by atoms with Crippen molar-refractivity contribution in [2.75, 3.05) is 33.2 Å². The smallest absolute Gasteiger partial charge is 0.328 e. The molecule has 3 heterocycles. The molecule has 36 heavy (non-hydrogen) atoms. The number of carbonyl (C=O) groups is 1. The first-order valence-corrected chi connectivity index (χ1v) is 13.7. The van der Waals surface area contributed by atoms with Gasteiger partial charge in [-0.25, -0.2) is 17.9 Å². The van der Waals surface area contributed by atoms with E-state index in [-0.39, 0.29) is 35.2 Å². The third-order valence-electron chi connectivity index (χ3n) is 7.51. The Labute approximate surface area is 209 Å². The van der Waals surface area contributed by atoms with E-state index in [0.717, 1.165) is 32.4 Å². The van der Waals surface area contributed by atoms with Gasteiger partial charge in [0.15, 0.2) is 0 Å². The molecule has 10 nitrogen and oxygen atoms in total. The summed E-state index contributed by atoms with van der Waals surface area (Å²) >= 11 is 0. The molecule has 1 amide bonds. The fourth-order valence-electron chi connectivity index (χ4n) is 5.11. The van der Waals surface area contributed by atoms with Gasteiger partial charge in [0.2, 0.25) is 10.0 Å². The van der Waals surface area contributed by atoms with Crippen molar-refractivity contribution in [2.45, 2.75) is 56.1 Å². The average molecular weight is 514 g/mol. The predicted octanol–water partition coefficient (Wildman–Crippen LogP) is 0.352. The van der Waals surface area contributed by atoms with Gasteiger partial charge in [-0.05, 0) is 76.7 Å². The van der Waals surface area contributed by atoms with Gasteiger partial charge in [0.05, 0.1) is 21.8 Å². The van der Waals surface area contributed by atoms with Crippen molar-refractivity contribution >= 4 is 26.8 Å². The van der Waals surface area contributed by atoms with Gasteiger partial charge >= 0.3 is 5.69 Å². The SMILES string of the molecule is CC#CC(=O)N1CC(n2c(=O)c3cc(S(=O)(=O)NC4(C)CC4)ccc3n(CC3CCN(C)C3)c2=O)C1. The van der Waals surface area contributed by atoms with Crippen LogP contribution in [-0.4, -0.2) is 72.0 Å². The topological polar surface area (TPSA) is 114 Å². The monoisotopic (exact) mass is 513 g/mol. The Bertz CT molecular complexity index is 1520. The van der Waals surface area contributed by atoms with Crippen molar-refractivity contribution in [1.82, 2.24) is 23.7 Å². The van der Waals surface area contributed by atoms with Gasteiger partial charge in [0, 0.05) is 31.7 Å². The molecule has 2 saturated heterocycles. The number of likely N-dealkylation sites (tertiary alicyclic amines) is 2. The van der Waals surface area contributed by atoms with E-state index in [1.165, 1.54) is 21.6 Å². The molecule has 0 radical (unpaired) electrons. The molecule has 1 N–H and O–H groups in total. The molecule has 0 spiro atoms. The van der Waals surface area contributed by atoms with E-state index in [1.54, 1.807) is 17.6 Å². The maximum absolute atomic E-state index is 13.6. The molecule has 2 aliphatic heterocycles. The lowest BCUT2D eigenvalue weighted by Gasteiger charge is -2.38. The average Bonchev–Trinajstić information content (AvgIpc) is 3.35. The highest BCUT2D eigenvalue weighted by Crippen LogP contribution is 2.36. The minimum absolute atomic E-state index is 0.00112. The van der Waals surface area contributed by atoms with E-state index in [1.807, 2.05) is 14.0 Å². The molecule has 1 saturated carbocycles. The fraction of sp³-hybridized carbons (Fsp3) is 0.560. The highest BCUT2D eigenvalue weighted by atomic mass is 32.2. The van der Waals surface area contributed by atoms with E-state index in [9.17, 15) is 22.8 Å². The normalized spacial score (nSPS) is 21.8. The van der Waals surface area contributed by atoms with Gasteiger partial charge < -0.3 is 9.80 Å². The molecule has 3 fully saturated rings. The largest absolute Gasteiger partial charge is 0.331 e. The van der Waals surface area contributed by atoms with Gasteiger partial charge in [-0.15, -0.1) is 0 Å². The Balaban J connectivity index is 1.59. The van der Waals surface area contributed by atoms with Crippen LogP contribution in [0.1, 0.15) is 39.2 Å². The van der Waals surface area contributed by atoms with Crippen LogP contribution in [0.2, 0.25) is 0 Å². The van der Waals surface area contributed by atoms with Gasteiger partial charge in [-0.2, -0.15) is 0 Å². The van der Waals surface area contributed by atoms with E-state index < -0.39 is 32.9 Å². The number of sulfonamides is 1. The summed E-state index contributed by atoms with van der Waals surface area (Å²) in [5.74, 6) is 4.94. The van der Waals surface area contributed by atoms with Crippen molar-refractivity contribution in [3.05, 3.63) is 39.0 Å². The third kappa shape index (κ3) is 4.49. The number of hydrogen-bond donors (Lipinski definition) is 1. The predicted molar refractivity (Wildman–Crippen MR) is 135 cm³/mol. The molecule has 1 unspecified atom stereocenters. The lowest BCUT2D eigenvalue weighted by atomic mass is 10.1. The second-order valence-corrected chi connectivity index (χ2v) is 12.3. The molecule has 5 rings (SSSR count). The maximum atomic E-state index is 13.6. The van der Waals surface area contributed by atoms with Crippen molar-refractivity contribution in [3.63, 3.8) is 0 Å². The van der Waals surface area contributed by atoms with Crippen LogP contribution in [0.4, 0.5) is 0 Å².